The van der Waals surface area contributed by atoms with Crippen molar-refractivity contribution in [3.63, 3.8) is 0 Å². The molecule has 0 radical (unpaired) electrons. The van der Waals surface area contributed by atoms with E-state index in [-0.39, 0.29) is 29.1 Å². The van der Waals surface area contributed by atoms with Gasteiger partial charge in [0.15, 0.2) is 5.60 Å². The topological polar surface area (TPSA) is 48.0 Å². The van der Waals surface area contributed by atoms with Gasteiger partial charge in [-0.1, -0.05) is 20.8 Å². The molecule has 0 N–H and O–H groups in total. The molecule has 116 valence electrons. The highest BCUT2D eigenvalue weighted by molar-refractivity contribution is 5.81. The zero-order valence-electron chi connectivity index (χ0n) is 12.9. The lowest BCUT2D eigenvalue weighted by molar-refractivity contribution is -0.227. The summed E-state index contributed by atoms with van der Waals surface area (Å²) >= 11 is 0. The molecule has 5 fully saturated rings. The quantitative estimate of drug-likeness (QED) is 0.638. The van der Waals surface area contributed by atoms with E-state index in [1.54, 1.807) is 0 Å². The molecule has 0 aromatic rings. The minimum Gasteiger partial charge on any atom is -0.463 e. The first-order chi connectivity index (χ1) is 9.89. The predicted molar refractivity (Wildman–Crippen MR) is 72.9 cm³/mol. The van der Waals surface area contributed by atoms with Crippen LogP contribution >= 0.6 is 0 Å². The van der Waals surface area contributed by atoms with E-state index >= 15 is 0 Å². The van der Waals surface area contributed by atoms with Gasteiger partial charge in [-0.2, -0.15) is 5.06 Å². The van der Waals surface area contributed by atoms with Crippen molar-refractivity contribution in [1.82, 2.24) is 5.06 Å². The molecule has 2 saturated carbocycles. The molecule has 5 nitrogen and oxygen atoms in total. The summed E-state index contributed by atoms with van der Waals surface area (Å²) in [6.45, 7) is 7.59. The van der Waals surface area contributed by atoms with Crippen molar-refractivity contribution in [2.75, 3.05) is 6.61 Å². The average Bonchev–Trinajstić information content (AvgIpc) is 3.12. The lowest BCUT2D eigenvalue weighted by Gasteiger charge is -2.38. The van der Waals surface area contributed by atoms with Crippen molar-refractivity contribution in [2.45, 2.75) is 70.4 Å². The highest BCUT2D eigenvalue weighted by atomic mass is 16.8. The summed E-state index contributed by atoms with van der Waals surface area (Å²) in [5.74, 6) is 0.385. The van der Waals surface area contributed by atoms with Crippen molar-refractivity contribution in [3.8, 4) is 0 Å². The van der Waals surface area contributed by atoms with Crippen LogP contribution in [0.5, 0.6) is 0 Å². The van der Waals surface area contributed by atoms with E-state index in [1.807, 2.05) is 5.06 Å². The smallest absolute Gasteiger partial charge is 0.340 e. The largest absolute Gasteiger partial charge is 0.463 e. The van der Waals surface area contributed by atoms with E-state index in [0.29, 0.717) is 31.4 Å². The number of carbonyl (C=O) groups is 1. The molecule has 6 atom stereocenters. The van der Waals surface area contributed by atoms with Crippen molar-refractivity contribution >= 4 is 5.97 Å². The molecule has 2 bridgehead atoms. The molecule has 1 spiro atoms. The van der Waals surface area contributed by atoms with Gasteiger partial charge in [-0.15, -0.1) is 0 Å². The Labute approximate surface area is 124 Å². The number of hydrogen-bond acceptors (Lipinski definition) is 5. The molecule has 0 amide bonds. The monoisotopic (exact) mass is 293 g/mol. The summed E-state index contributed by atoms with van der Waals surface area (Å²) in [5, 5.41) is 2.04. The summed E-state index contributed by atoms with van der Waals surface area (Å²) in [6, 6.07) is 0.302. The van der Waals surface area contributed by atoms with Crippen LogP contribution in [0.25, 0.3) is 0 Å². The highest BCUT2D eigenvalue weighted by Gasteiger charge is 2.74. The molecule has 3 heterocycles. The van der Waals surface area contributed by atoms with E-state index in [1.165, 1.54) is 12.8 Å². The molecule has 0 aromatic carbocycles. The number of carbonyl (C=O) groups excluding carboxylic acids is 1. The van der Waals surface area contributed by atoms with Crippen LogP contribution in [0.3, 0.4) is 0 Å². The van der Waals surface area contributed by atoms with Gasteiger partial charge in [0.05, 0.1) is 18.8 Å². The Morgan fingerprint density at radius 2 is 2.05 bits per heavy atom. The van der Waals surface area contributed by atoms with Gasteiger partial charge in [0.2, 0.25) is 0 Å². The second kappa shape index (κ2) is 3.47. The highest BCUT2D eigenvalue weighted by Crippen LogP contribution is 2.70. The number of fused-ring (bicyclic) bond motifs is 7. The fourth-order valence-corrected chi connectivity index (χ4v) is 5.81. The van der Waals surface area contributed by atoms with Gasteiger partial charge in [0, 0.05) is 18.3 Å². The molecule has 0 aromatic heterocycles. The molecular formula is C16H23NO4. The summed E-state index contributed by atoms with van der Waals surface area (Å²) in [5.41, 5.74) is -0.273. The summed E-state index contributed by atoms with van der Waals surface area (Å²) in [6.07, 6.45) is 3.93. The zero-order chi connectivity index (χ0) is 14.6. The van der Waals surface area contributed by atoms with E-state index in [2.05, 4.69) is 20.8 Å². The summed E-state index contributed by atoms with van der Waals surface area (Å²) in [4.78, 5) is 18.2. The molecule has 5 heteroatoms. The first-order valence-corrected chi connectivity index (χ1v) is 8.19. The normalized spacial score (nSPS) is 57.0. The second-order valence-corrected chi connectivity index (χ2v) is 8.32. The standard InChI is InChI=1S/C16H23NO4/c1-14(2)9-4-5-15(14,3)12-11(9)17-10(20-12)8-16(21-17)6-7-19-13(16)18/h9-12H,4-8H2,1-3H3/t9-,10+,11-,12-,15+,16+/m1/s1. The maximum Gasteiger partial charge on any atom is 0.340 e. The van der Waals surface area contributed by atoms with E-state index in [9.17, 15) is 4.79 Å². The number of cyclic esters (lactones) is 1. The van der Waals surface area contributed by atoms with Crippen molar-refractivity contribution in [1.29, 1.82) is 0 Å². The molecule has 21 heavy (non-hydrogen) atoms. The number of hydrogen-bond donors (Lipinski definition) is 0. The summed E-state index contributed by atoms with van der Waals surface area (Å²) in [7, 11) is 0. The predicted octanol–water partition coefficient (Wildman–Crippen LogP) is 1.86. The van der Waals surface area contributed by atoms with Crippen LogP contribution in [-0.2, 0) is 19.1 Å². The molecule has 0 unspecified atom stereocenters. The Morgan fingerprint density at radius 3 is 2.76 bits per heavy atom. The third-order valence-corrected chi connectivity index (χ3v) is 7.50. The molecule has 5 rings (SSSR count). The first-order valence-electron chi connectivity index (χ1n) is 8.19. The van der Waals surface area contributed by atoms with Gasteiger partial charge in [-0.05, 0) is 24.2 Å². The fraction of sp³-hybridized carbons (Fsp3) is 0.938. The number of ether oxygens (including phenoxy) is 2. The zero-order valence-corrected chi connectivity index (χ0v) is 12.9. The van der Waals surface area contributed by atoms with E-state index in [0.717, 1.165) is 0 Å². The van der Waals surface area contributed by atoms with Crippen LogP contribution in [-0.4, -0.2) is 41.6 Å². The first kappa shape index (κ1) is 12.9. The number of hydroxylamine groups is 2. The SMILES string of the molecule is CC1(C)[C@@H]2CC[C@@]1(C)[C@@H]1O[C@H]3C[C@]4(CCOC4=O)ON3[C@H]21. The molecule has 2 aliphatic carbocycles. The van der Waals surface area contributed by atoms with Gasteiger partial charge in [0.25, 0.3) is 0 Å². The Balaban J connectivity index is 1.50. The fourth-order valence-electron chi connectivity index (χ4n) is 5.81. The minimum absolute atomic E-state index is 0.0679. The van der Waals surface area contributed by atoms with Crippen LogP contribution in [0.15, 0.2) is 0 Å². The van der Waals surface area contributed by atoms with Gasteiger partial charge >= 0.3 is 5.97 Å². The van der Waals surface area contributed by atoms with Gasteiger partial charge in [-0.25, -0.2) is 4.79 Å². The lowest BCUT2D eigenvalue weighted by atomic mass is 9.70. The third kappa shape index (κ3) is 1.21. The van der Waals surface area contributed by atoms with Crippen LogP contribution in [0, 0.1) is 16.7 Å². The molecular weight excluding hydrogens is 270 g/mol. The van der Waals surface area contributed by atoms with E-state index in [4.69, 9.17) is 14.3 Å². The third-order valence-electron chi connectivity index (χ3n) is 7.50. The Bertz CT molecular complexity index is 534. The Morgan fingerprint density at radius 1 is 1.24 bits per heavy atom. The van der Waals surface area contributed by atoms with E-state index < -0.39 is 5.60 Å². The average molecular weight is 293 g/mol. The van der Waals surface area contributed by atoms with Crippen molar-refractivity contribution in [3.05, 3.63) is 0 Å². The van der Waals surface area contributed by atoms with Crippen molar-refractivity contribution < 1.29 is 19.1 Å². The van der Waals surface area contributed by atoms with Gasteiger partial charge < -0.3 is 9.47 Å². The molecule has 5 aliphatic rings. The maximum atomic E-state index is 12.0. The van der Waals surface area contributed by atoms with Crippen LogP contribution < -0.4 is 0 Å². The molecule has 3 saturated heterocycles. The Hall–Kier alpha value is -0.650. The molecule has 3 aliphatic heterocycles. The maximum absolute atomic E-state index is 12.0. The van der Waals surface area contributed by atoms with Gasteiger partial charge in [-0.3, -0.25) is 4.84 Å². The van der Waals surface area contributed by atoms with Crippen molar-refractivity contribution in [2.24, 2.45) is 16.7 Å². The number of nitrogens with zero attached hydrogens (tertiary/aromatic N) is 1. The minimum atomic E-state index is -0.761. The second-order valence-electron chi connectivity index (χ2n) is 8.32. The van der Waals surface area contributed by atoms with Crippen LogP contribution in [0.1, 0.15) is 46.5 Å². The summed E-state index contributed by atoms with van der Waals surface area (Å²) < 4.78 is 11.6. The van der Waals surface area contributed by atoms with Crippen LogP contribution in [0.4, 0.5) is 0 Å². The van der Waals surface area contributed by atoms with Crippen LogP contribution in [0.2, 0.25) is 0 Å². The number of esters is 1. The number of rotatable bonds is 0. The Kier molecular flexibility index (Phi) is 2.12. The van der Waals surface area contributed by atoms with Gasteiger partial charge in [0.1, 0.15) is 6.23 Å². The lowest BCUT2D eigenvalue weighted by Crippen LogP contribution is -2.45.